The van der Waals surface area contributed by atoms with Crippen molar-refractivity contribution in [2.45, 2.75) is 37.8 Å². The minimum absolute atomic E-state index is 0. The summed E-state index contributed by atoms with van der Waals surface area (Å²) in [4.78, 5) is 17.9. The van der Waals surface area contributed by atoms with Crippen molar-refractivity contribution in [1.29, 1.82) is 0 Å². The number of methoxy groups -OCH3 is 2. The summed E-state index contributed by atoms with van der Waals surface area (Å²) in [5.74, 6) is 1.29. The second-order valence-electron chi connectivity index (χ2n) is 8.38. The molecule has 2 aromatic carbocycles. The molecule has 2 heterocycles. The first-order chi connectivity index (χ1) is 15.4. The third kappa shape index (κ3) is 5.60. The smallest absolute Gasteiger partial charge is 0.258 e. The highest BCUT2D eigenvalue weighted by Gasteiger charge is 2.36. The van der Waals surface area contributed by atoms with E-state index in [1.165, 1.54) is 0 Å². The van der Waals surface area contributed by atoms with E-state index in [1.54, 1.807) is 32.4 Å². The lowest BCUT2D eigenvalue weighted by Gasteiger charge is -2.35. The molecule has 4 rings (SSSR count). The monoisotopic (exact) mass is 510 g/mol. The summed E-state index contributed by atoms with van der Waals surface area (Å²) in [6.07, 6.45) is 6.08. The molecule has 2 aliphatic rings. The van der Waals surface area contributed by atoms with Gasteiger partial charge in [-0.1, -0.05) is 29.3 Å². The zero-order chi connectivity index (χ0) is 22.8. The molecule has 2 bridgehead atoms. The molecular formula is C25H29Cl3N2O3. The number of nitrogens with zero attached hydrogens (tertiary/aromatic N) is 2. The van der Waals surface area contributed by atoms with Gasteiger partial charge in [0.25, 0.3) is 5.91 Å². The summed E-state index contributed by atoms with van der Waals surface area (Å²) < 4.78 is 10.8. The first-order valence-corrected chi connectivity index (χ1v) is 11.6. The SMILES string of the molecule is COc1ccc(CCN(C(=O)c2cc(Cl)cc(Cl)c2)C2=CC3CCC(C2)N3C)cc1OC.Cl. The van der Waals surface area contributed by atoms with Crippen molar-refractivity contribution in [3.63, 3.8) is 0 Å². The molecule has 178 valence electrons. The predicted molar refractivity (Wildman–Crippen MR) is 135 cm³/mol. The number of hydrogen-bond donors (Lipinski definition) is 0. The maximum Gasteiger partial charge on any atom is 0.258 e. The molecule has 2 atom stereocenters. The fraction of sp³-hybridized carbons (Fsp3) is 0.400. The molecule has 0 spiro atoms. The largest absolute Gasteiger partial charge is 0.493 e. The van der Waals surface area contributed by atoms with Crippen molar-refractivity contribution in [2.75, 3.05) is 27.8 Å². The summed E-state index contributed by atoms with van der Waals surface area (Å²) in [7, 11) is 5.41. The van der Waals surface area contributed by atoms with E-state index >= 15 is 0 Å². The van der Waals surface area contributed by atoms with Crippen molar-refractivity contribution in [1.82, 2.24) is 9.80 Å². The molecule has 0 N–H and O–H groups in total. The van der Waals surface area contributed by atoms with Crippen LogP contribution < -0.4 is 9.47 Å². The summed E-state index contributed by atoms with van der Waals surface area (Å²) in [5.41, 5.74) is 2.65. The normalized spacial score (nSPS) is 19.5. The molecule has 2 aliphatic heterocycles. The Balaban J connectivity index is 0.00000306. The first kappa shape index (κ1) is 25.7. The van der Waals surface area contributed by atoms with Crippen LogP contribution in [0.15, 0.2) is 48.2 Å². The minimum Gasteiger partial charge on any atom is -0.493 e. The highest BCUT2D eigenvalue weighted by Crippen LogP contribution is 2.36. The van der Waals surface area contributed by atoms with Gasteiger partial charge < -0.3 is 14.4 Å². The van der Waals surface area contributed by atoms with Crippen LogP contribution in [0.4, 0.5) is 0 Å². The third-order valence-corrected chi connectivity index (χ3v) is 6.93. The quantitative estimate of drug-likeness (QED) is 0.466. The van der Waals surface area contributed by atoms with Crippen molar-refractivity contribution in [3.05, 3.63) is 69.3 Å². The Hall–Kier alpha value is -1.92. The van der Waals surface area contributed by atoms with E-state index in [2.05, 4.69) is 18.0 Å². The first-order valence-electron chi connectivity index (χ1n) is 10.8. The molecule has 0 aromatic heterocycles. The van der Waals surface area contributed by atoms with Gasteiger partial charge in [-0.3, -0.25) is 9.69 Å². The Labute approximate surface area is 211 Å². The predicted octanol–water partition coefficient (Wildman–Crippen LogP) is 5.87. The number of ether oxygens (including phenoxy) is 2. The van der Waals surface area contributed by atoms with Crippen LogP contribution >= 0.6 is 35.6 Å². The molecule has 5 nitrogen and oxygen atoms in total. The van der Waals surface area contributed by atoms with E-state index in [0.29, 0.717) is 52.2 Å². The Morgan fingerprint density at radius 3 is 2.39 bits per heavy atom. The summed E-state index contributed by atoms with van der Waals surface area (Å²) >= 11 is 12.4. The van der Waals surface area contributed by atoms with Crippen LogP contribution in [0, 0.1) is 0 Å². The zero-order valence-electron chi connectivity index (χ0n) is 19.0. The van der Waals surface area contributed by atoms with Gasteiger partial charge in [-0.25, -0.2) is 0 Å². The lowest BCUT2D eigenvalue weighted by molar-refractivity contribution is 0.0787. The van der Waals surface area contributed by atoms with Crippen LogP contribution in [-0.2, 0) is 6.42 Å². The average molecular weight is 512 g/mol. The molecule has 2 aromatic rings. The molecule has 0 radical (unpaired) electrons. The number of amides is 1. The Morgan fingerprint density at radius 1 is 1.06 bits per heavy atom. The summed E-state index contributed by atoms with van der Waals surface area (Å²) in [5, 5.41) is 0.913. The molecule has 1 amide bonds. The van der Waals surface area contributed by atoms with Gasteiger partial charge in [0.2, 0.25) is 0 Å². The lowest BCUT2D eigenvalue weighted by Crippen LogP contribution is -2.41. The van der Waals surface area contributed by atoms with Crippen LogP contribution in [0.5, 0.6) is 11.5 Å². The summed E-state index contributed by atoms with van der Waals surface area (Å²) in [6, 6.07) is 11.7. The van der Waals surface area contributed by atoms with E-state index in [9.17, 15) is 4.79 Å². The highest BCUT2D eigenvalue weighted by molar-refractivity contribution is 6.35. The second kappa shape index (κ2) is 11.0. The number of benzene rings is 2. The van der Waals surface area contributed by atoms with Crippen LogP contribution in [-0.4, -0.2) is 55.6 Å². The number of rotatable bonds is 7. The van der Waals surface area contributed by atoms with Crippen LogP contribution in [0.25, 0.3) is 0 Å². The van der Waals surface area contributed by atoms with Gasteiger partial charge in [-0.05, 0) is 68.3 Å². The molecule has 0 aliphatic carbocycles. The Kier molecular flexibility index (Phi) is 8.57. The van der Waals surface area contributed by atoms with Gasteiger partial charge in [-0.15, -0.1) is 12.4 Å². The maximum atomic E-state index is 13.6. The number of carbonyl (C=O) groups excluding carboxylic acids is 1. The zero-order valence-corrected chi connectivity index (χ0v) is 21.3. The molecule has 2 unspecified atom stereocenters. The van der Waals surface area contributed by atoms with Gasteiger partial charge >= 0.3 is 0 Å². The van der Waals surface area contributed by atoms with E-state index in [1.807, 2.05) is 23.1 Å². The average Bonchev–Trinajstić information content (AvgIpc) is 2.98. The van der Waals surface area contributed by atoms with E-state index < -0.39 is 0 Å². The van der Waals surface area contributed by atoms with Gasteiger partial charge in [0.1, 0.15) is 0 Å². The summed E-state index contributed by atoms with van der Waals surface area (Å²) in [6.45, 7) is 0.549. The number of fused-ring (bicyclic) bond motifs is 2. The van der Waals surface area contributed by atoms with Crippen LogP contribution in [0.2, 0.25) is 10.0 Å². The molecule has 33 heavy (non-hydrogen) atoms. The maximum absolute atomic E-state index is 13.6. The molecule has 1 saturated heterocycles. The van der Waals surface area contributed by atoms with Gasteiger partial charge in [0.05, 0.1) is 14.2 Å². The van der Waals surface area contributed by atoms with Gasteiger partial charge in [0.15, 0.2) is 11.5 Å². The molecule has 8 heteroatoms. The molecule has 0 saturated carbocycles. The van der Waals surface area contributed by atoms with Crippen molar-refractivity contribution in [2.24, 2.45) is 0 Å². The standard InChI is InChI=1S/C25H28Cl2N2O3.ClH/c1-28-20-5-6-21(28)15-22(14-20)29(25(30)17-11-18(26)13-19(27)12-17)9-8-16-4-7-23(31-2)24(10-16)32-3;/h4,7,10-14,20-21H,5-6,8-9,15H2,1-3H3;1H. The van der Waals surface area contributed by atoms with Crippen LogP contribution in [0.1, 0.15) is 35.2 Å². The van der Waals surface area contributed by atoms with Crippen LogP contribution in [0.3, 0.4) is 0 Å². The second-order valence-corrected chi connectivity index (χ2v) is 9.25. The fourth-order valence-corrected chi connectivity index (χ4v) is 5.23. The molecule has 1 fully saturated rings. The van der Waals surface area contributed by atoms with Crippen molar-refractivity contribution < 1.29 is 14.3 Å². The molecular weight excluding hydrogens is 483 g/mol. The lowest BCUT2D eigenvalue weighted by atomic mass is 10.0. The third-order valence-electron chi connectivity index (χ3n) is 6.50. The minimum atomic E-state index is -0.0786. The van der Waals surface area contributed by atoms with E-state index in [-0.39, 0.29) is 18.3 Å². The topological polar surface area (TPSA) is 42.0 Å². The Morgan fingerprint density at radius 2 is 1.76 bits per heavy atom. The Bertz CT molecular complexity index is 1020. The van der Waals surface area contributed by atoms with Crippen molar-refractivity contribution >= 4 is 41.5 Å². The number of likely N-dealkylation sites (N-methyl/N-ethyl adjacent to an activating group) is 1. The highest BCUT2D eigenvalue weighted by atomic mass is 35.5. The number of carbonyl (C=O) groups is 1. The fourth-order valence-electron chi connectivity index (χ4n) is 4.71. The van der Waals surface area contributed by atoms with Gasteiger partial charge in [-0.2, -0.15) is 0 Å². The van der Waals surface area contributed by atoms with Crippen molar-refractivity contribution in [3.8, 4) is 11.5 Å². The van der Waals surface area contributed by atoms with E-state index in [0.717, 1.165) is 30.5 Å². The van der Waals surface area contributed by atoms with E-state index in [4.69, 9.17) is 32.7 Å². The van der Waals surface area contributed by atoms with Gasteiger partial charge in [0, 0.05) is 46.4 Å². The number of hydrogen-bond acceptors (Lipinski definition) is 4. The number of halogens is 3.